The highest BCUT2D eigenvalue weighted by atomic mass is 35.5. The molecule has 1 heterocycles. The molecule has 11 heteroatoms. The third kappa shape index (κ3) is 4.33. The van der Waals surface area contributed by atoms with E-state index in [0.29, 0.717) is 5.69 Å². The number of benzene rings is 2. The van der Waals surface area contributed by atoms with Crippen LogP contribution in [0.4, 0.5) is 11.4 Å². The molecule has 28 heavy (non-hydrogen) atoms. The van der Waals surface area contributed by atoms with Gasteiger partial charge in [0.2, 0.25) is 15.9 Å². The topological polar surface area (TPSA) is 88.5 Å². The highest BCUT2D eigenvalue weighted by molar-refractivity contribution is 7.92. The van der Waals surface area contributed by atoms with E-state index in [4.69, 9.17) is 23.2 Å². The van der Waals surface area contributed by atoms with E-state index in [9.17, 15) is 18.0 Å². The highest BCUT2D eigenvalue weighted by Gasteiger charge is 2.22. The van der Waals surface area contributed by atoms with Gasteiger partial charge in [0.05, 0.1) is 32.2 Å². The average Bonchev–Trinajstić information content (AvgIpc) is 2.88. The summed E-state index contributed by atoms with van der Waals surface area (Å²) in [4.78, 5) is 24.1. The number of carbonyl (C=O) groups excluding carboxylic acids is 1. The third-order valence-electron chi connectivity index (χ3n) is 3.95. The first-order valence-electron chi connectivity index (χ1n) is 7.88. The van der Waals surface area contributed by atoms with E-state index in [1.807, 2.05) is 0 Å². The number of hydrogen-bond acceptors (Lipinski definition) is 5. The van der Waals surface area contributed by atoms with Crippen molar-refractivity contribution in [2.45, 2.75) is 0 Å². The number of sulfonamides is 1. The van der Waals surface area contributed by atoms with Crippen molar-refractivity contribution in [2.75, 3.05) is 22.4 Å². The minimum Gasteiger partial charge on any atom is -0.324 e. The Morgan fingerprint density at radius 2 is 1.89 bits per heavy atom. The van der Waals surface area contributed by atoms with Crippen molar-refractivity contribution in [3.8, 4) is 0 Å². The second-order valence-electron chi connectivity index (χ2n) is 6.03. The largest absolute Gasteiger partial charge is 0.324 e. The highest BCUT2D eigenvalue weighted by Crippen LogP contribution is 2.28. The quantitative estimate of drug-likeness (QED) is 0.633. The van der Waals surface area contributed by atoms with Crippen LogP contribution < -0.4 is 14.5 Å². The van der Waals surface area contributed by atoms with Crippen molar-refractivity contribution in [3.05, 3.63) is 56.1 Å². The van der Waals surface area contributed by atoms with Crippen LogP contribution in [0.1, 0.15) is 0 Å². The Morgan fingerprint density at radius 1 is 1.18 bits per heavy atom. The minimum atomic E-state index is -3.74. The Morgan fingerprint density at radius 3 is 2.54 bits per heavy atom. The molecule has 0 aliphatic carbocycles. The Hall–Kier alpha value is -2.07. The molecule has 1 aromatic heterocycles. The van der Waals surface area contributed by atoms with Crippen LogP contribution in [0.5, 0.6) is 0 Å². The molecule has 148 valence electrons. The van der Waals surface area contributed by atoms with Crippen LogP contribution >= 0.6 is 34.5 Å². The van der Waals surface area contributed by atoms with Crippen LogP contribution in [0.3, 0.4) is 0 Å². The first-order valence-corrected chi connectivity index (χ1v) is 11.3. The van der Waals surface area contributed by atoms with Gasteiger partial charge in [-0.05, 0) is 36.4 Å². The van der Waals surface area contributed by atoms with E-state index in [1.54, 1.807) is 25.2 Å². The number of thiazole rings is 1. The van der Waals surface area contributed by atoms with E-state index in [-0.39, 0.29) is 20.6 Å². The van der Waals surface area contributed by atoms with Crippen LogP contribution in [0.15, 0.2) is 41.2 Å². The Balaban J connectivity index is 1.84. The van der Waals surface area contributed by atoms with E-state index >= 15 is 0 Å². The molecule has 3 aromatic rings. The van der Waals surface area contributed by atoms with Gasteiger partial charge in [0.25, 0.3) is 0 Å². The van der Waals surface area contributed by atoms with Crippen LogP contribution in [-0.2, 0) is 21.9 Å². The summed E-state index contributed by atoms with van der Waals surface area (Å²) in [5, 5.41) is 3.11. The number of carbonyl (C=O) groups is 1. The zero-order chi connectivity index (χ0) is 20.6. The predicted octanol–water partition coefficient (Wildman–Crippen LogP) is 3.31. The van der Waals surface area contributed by atoms with Crippen molar-refractivity contribution >= 4 is 72.1 Å². The Kier molecular flexibility index (Phi) is 5.72. The van der Waals surface area contributed by atoms with E-state index in [1.165, 1.54) is 22.8 Å². The van der Waals surface area contributed by atoms with E-state index in [2.05, 4.69) is 5.32 Å². The van der Waals surface area contributed by atoms with E-state index in [0.717, 1.165) is 32.1 Å². The number of nitrogens with one attached hydrogen (secondary N) is 1. The second-order valence-corrected chi connectivity index (χ2v) is 9.74. The summed E-state index contributed by atoms with van der Waals surface area (Å²) in [6.07, 6.45) is 0.996. The van der Waals surface area contributed by atoms with Crippen LogP contribution in [0.2, 0.25) is 10.0 Å². The number of rotatable bonds is 5. The second kappa shape index (κ2) is 7.75. The lowest BCUT2D eigenvalue weighted by Crippen LogP contribution is -2.37. The fraction of sp³-hybridized carbons (Fsp3) is 0.176. The number of aryl methyl sites for hydroxylation is 1. The summed E-state index contributed by atoms with van der Waals surface area (Å²) in [5.41, 5.74) is 1.44. The molecule has 0 spiro atoms. The molecule has 0 bridgehead atoms. The molecule has 2 aromatic carbocycles. The molecule has 0 fully saturated rings. The average molecular weight is 460 g/mol. The lowest BCUT2D eigenvalue weighted by Gasteiger charge is -2.22. The number of halogens is 2. The summed E-state index contributed by atoms with van der Waals surface area (Å²) in [6.45, 7) is -0.445. The lowest BCUT2D eigenvalue weighted by molar-refractivity contribution is -0.114. The number of fused-ring (bicyclic) bond motifs is 1. The number of nitrogens with zero attached hydrogens (tertiary/aromatic N) is 2. The molecule has 0 radical (unpaired) electrons. The smallest absolute Gasteiger partial charge is 0.307 e. The maximum absolute atomic E-state index is 12.5. The number of aromatic nitrogens is 1. The monoisotopic (exact) mass is 459 g/mol. The molecule has 1 amide bonds. The first kappa shape index (κ1) is 20.7. The molecule has 0 saturated carbocycles. The van der Waals surface area contributed by atoms with Gasteiger partial charge in [0, 0.05) is 12.7 Å². The molecule has 0 unspecified atom stereocenters. The minimum absolute atomic E-state index is 0.110. The molecule has 3 rings (SSSR count). The van der Waals surface area contributed by atoms with Crippen molar-refractivity contribution in [1.82, 2.24) is 4.57 Å². The van der Waals surface area contributed by atoms with Crippen molar-refractivity contribution < 1.29 is 13.2 Å². The van der Waals surface area contributed by atoms with E-state index < -0.39 is 22.5 Å². The molecule has 7 nitrogen and oxygen atoms in total. The van der Waals surface area contributed by atoms with Crippen molar-refractivity contribution in [1.29, 1.82) is 0 Å². The number of hydrogen-bond donors (Lipinski definition) is 1. The molecule has 1 N–H and O–H groups in total. The molecule has 0 aliphatic rings. The fourth-order valence-electron chi connectivity index (χ4n) is 2.58. The third-order valence-corrected chi connectivity index (χ3v) is 6.83. The van der Waals surface area contributed by atoms with Gasteiger partial charge in [-0.2, -0.15) is 0 Å². The molecule has 0 saturated heterocycles. The van der Waals surface area contributed by atoms with Gasteiger partial charge in [-0.1, -0.05) is 34.5 Å². The van der Waals surface area contributed by atoms with Crippen LogP contribution in [0.25, 0.3) is 10.2 Å². The maximum atomic E-state index is 12.5. The van der Waals surface area contributed by atoms with Gasteiger partial charge < -0.3 is 9.88 Å². The lowest BCUT2D eigenvalue weighted by atomic mass is 10.3. The number of anilines is 2. The van der Waals surface area contributed by atoms with Crippen LogP contribution in [0, 0.1) is 0 Å². The molecule has 0 aliphatic heterocycles. The first-order chi connectivity index (χ1) is 13.1. The maximum Gasteiger partial charge on any atom is 0.307 e. The molecular formula is C17H15Cl2N3O4S2. The summed E-state index contributed by atoms with van der Waals surface area (Å²) in [5.74, 6) is -0.542. The summed E-state index contributed by atoms with van der Waals surface area (Å²) in [7, 11) is -2.08. The normalized spacial score (nSPS) is 11.6. The van der Waals surface area contributed by atoms with Crippen LogP contribution in [-0.4, -0.2) is 31.7 Å². The Bertz CT molecular complexity index is 1230. The summed E-state index contributed by atoms with van der Waals surface area (Å²) in [6, 6.07) is 9.35. The fourth-order valence-corrected chi connectivity index (χ4v) is 4.64. The van der Waals surface area contributed by atoms with Gasteiger partial charge in [-0.3, -0.25) is 13.9 Å². The van der Waals surface area contributed by atoms with Gasteiger partial charge in [-0.25, -0.2) is 8.42 Å². The number of amides is 1. The van der Waals surface area contributed by atoms with Crippen molar-refractivity contribution in [2.24, 2.45) is 7.05 Å². The summed E-state index contributed by atoms with van der Waals surface area (Å²) >= 11 is 12.9. The van der Waals surface area contributed by atoms with Gasteiger partial charge in [0.1, 0.15) is 6.54 Å². The molecular weight excluding hydrogens is 445 g/mol. The van der Waals surface area contributed by atoms with Gasteiger partial charge in [-0.15, -0.1) is 0 Å². The SMILES string of the molecule is Cn1c(=O)sc2cc(NC(=O)CN(c3ccc(Cl)c(Cl)c3)S(C)(=O)=O)ccc21. The standard InChI is InChI=1S/C17H15Cl2N3O4S2/c1-21-14-6-3-10(7-15(14)27-17(21)24)20-16(23)9-22(28(2,25)26)11-4-5-12(18)13(19)8-11/h3-8H,9H2,1-2H3,(H,20,23). The van der Waals surface area contributed by atoms with Crippen molar-refractivity contribution in [3.63, 3.8) is 0 Å². The van der Waals surface area contributed by atoms with Gasteiger partial charge in [0.15, 0.2) is 0 Å². The summed E-state index contributed by atoms with van der Waals surface area (Å²) < 4.78 is 27.5. The zero-order valence-corrected chi connectivity index (χ0v) is 17.9. The zero-order valence-electron chi connectivity index (χ0n) is 14.8. The van der Waals surface area contributed by atoms with Gasteiger partial charge >= 0.3 is 4.87 Å². The predicted molar refractivity (Wildman–Crippen MR) is 114 cm³/mol. The molecule has 0 atom stereocenters. The Labute approximate surface area is 175 Å².